The molecule has 0 aliphatic rings. The van der Waals surface area contributed by atoms with Gasteiger partial charge in [0.25, 0.3) is 5.91 Å². The van der Waals surface area contributed by atoms with Gasteiger partial charge in [-0.15, -0.1) is 0 Å². The third kappa shape index (κ3) is 4.00. The van der Waals surface area contributed by atoms with Crippen molar-refractivity contribution in [1.82, 2.24) is 0 Å². The molecule has 0 spiro atoms. The van der Waals surface area contributed by atoms with E-state index in [1.54, 1.807) is 18.2 Å². The molecule has 0 atom stereocenters. The number of anilines is 1. The maximum Gasteiger partial charge on any atom is 0.255 e. The molecule has 0 saturated carbocycles. The molecular formula is C21H21N3O2. The van der Waals surface area contributed by atoms with Crippen LogP contribution in [0.15, 0.2) is 60.7 Å². The van der Waals surface area contributed by atoms with Crippen LogP contribution < -0.4 is 15.8 Å². The molecule has 0 fully saturated rings. The minimum Gasteiger partial charge on any atom is -0.494 e. The number of hydrogen-bond donors (Lipinski definition) is 3. The van der Waals surface area contributed by atoms with Crippen molar-refractivity contribution >= 4 is 28.2 Å². The Bertz CT molecular complexity index is 966. The van der Waals surface area contributed by atoms with Gasteiger partial charge in [-0.2, -0.15) is 0 Å². The summed E-state index contributed by atoms with van der Waals surface area (Å²) in [6, 6.07) is 18.3. The average molecular weight is 347 g/mol. The minimum absolute atomic E-state index is 0.00523. The second kappa shape index (κ2) is 7.70. The number of amidine groups is 1. The fraction of sp³-hybridized carbons (Fsp3) is 0.143. The van der Waals surface area contributed by atoms with E-state index in [-0.39, 0.29) is 11.7 Å². The summed E-state index contributed by atoms with van der Waals surface area (Å²) in [5, 5.41) is 12.3. The van der Waals surface area contributed by atoms with Crippen LogP contribution in [-0.4, -0.2) is 18.3 Å². The van der Waals surface area contributed by atoms with E-state index in [9.17, 15) is 4.79 Å². The number of nitrogens with one attached hydrogen (secondary N) is 2. The number of carbonyl (C=O) groups is 1. The monoisotopic (exact) mass is 347 g/mol. The lowest BCUT2D eigenvalue weighted by Gasteiger charge is -2.09. The molecule has 1 amide bonds. The molecule has 0 heterocycles. The summed E-state index contributed by atoms with van der Waals surface area (Å²) < 4.78 is 5.59. The van der Waals surface area contributed by atoms with Gasteiger partial charge < -0.3 is 15.8 Å². The van der Waals surface area contributed by atoms with Crippen LogP contribution in [0, 0.1) is 5.41 Å². The van der Waals surface area contributed by atoms with Gasteiger partial charge in [0.2, 0.25) is 0 Å². The molecule has 3 aromatic rings. The van der Waals surface area contributed by atoms with Gasteiger partial charge >= 0.3 is 0 Å². The molecule has 0 aromatic heterocycles. The van der Waals surface area contributed by atoms with Crippen LogP contribution in [0.4, 0.5) is 5.69 Å². The Morgan fingerprint density at radius 3 is 2.50 bits per heavy atom. The number of ether oxygens (including phenoxy) is 1. The summed E-state index contributed by atoms with van der Waals surface area (Å²) in [6.07, 6.45) is 0.927. The van der Waals surface area contributed by atoms with Gasteiger partial charge in [-0.05, 0) is 47.5 Å². The van der Waals surface area contributed by atoms with E-state index in [0.717, 1.165) is 22.9 Å². The van der Waals surface area contributed by atoms with E-state index < -0.39 is 0 Å². The second-order valence-electron chi connectivity index (χ2n) is 6.02. The summed E-state index contributed by atoms with van der Waals surface area (Å²) in [4.78, 5) is 12.6. The van der Waals surface area contributed by atoms with Gasteiger partial charge in [0.05, 0.1) is 6.61 Å². The first-order valence-electron chi connectivity index (χ1n) is 8.49. The van der Waals surface area contributed by atoms with Crippen LogP contribution in [0.3, 0.4) is 0 Å². The second-order valence-corrected chi connectivity index (χ2v) is 6.02. The van der Waals surface area contributed by atoms with Crippen LogP contribution in [0.2, 0.25) is 0 Å². The van der Waals surface area contributed by atoms with Crippen molar-refractivity contribution in [3.63, 3.8) is 0 Å². The highest BCUT2D eigenvalue weighted by molar-refractivity contribution is 6.07. The topological polar surface area (TPSA) is 88.2 Å². The number of nitrogens with two attached hydrogens (primary N) is 1. The summed E-state index contributed by atoms with van der Waals surface area (Å²) in [5.41, 5.74) is 7.40. The lowest BCUT2D eigenvalue weighted by molar-refractivity contribution is 0.102. The van der Waals surface area contributed by atoms with Crippen molar-refractivity contribution in [3.05, 3.63) is 71.8 Å². The quantitative estimate of drug-likeness (QED) is 0.462. The Kier molecular flexibility index (Phi) is 5.17. The number of benzene rings is 3. The van der Waals surface area contributed by atoms with Crippen molar-refractivity contribution in [3.8, 4) is 5.75 Å². The van der Waals surface area contributed by atoms with Gasteiger partial charge in [-0.3, -0.25) is 10.2 Å². The Morgan fingerprint density at radius 2 is 1.77 bits per heavy atom. The predicted octanol–water partition coefficient (Wildman–Crippen LogP) is 4.16. The number of nitrogen functional groups attached to an aromatic ring is 1. The van der Waals surface area contributed by atoms with E-state index >= 15 is 0 Å². The van der Waals surface area contributed by atoms with Crippen molar-refractivity contribution in [2.45, 2.75) is 13.3 Å². The number of hydrogen-bond acceptors (Lipinski definition) is 3. The van der Waals surface area contributed by atoms with Crippen molar-refractivity contribution in [1.29, 1.82) is 5.41 Å². The summed E-state index contributed by atoms with van der Waals surface area (Å²) in [7, 11) is 0. The van der Waals surface area contributed by atoms with Crippen molar-refractivity contribution in [2.24, 2.45) is 5.73 Å². The smallest absolute Gasteiger partial charge is 0.255 e. The van der Waals surface area contributed by atoms with E-state index in [4.69, 9.17) is 15.9 Å². The molecular weight excluding hydrogens is 326 g/mol. The molecule has 0 bridgehead atoms. The van der Waals surface area contributed by atoms with E-state index in [0.29, 0.717) is 23.4 Å². The Labute approximate surface area is 152 Å². The van der Waals surface area contributed by atoms with Gasteiger partial charge in [-0.25, -0.2) is 0 Å². The molecule has 0 aliphatic heterocycles. The molecule has 3 aromatic carbocycles. The highest BCUT2D eigenvalue weighted by Crippen LogP contribution is 2.21. The van der Waals surface area contributed by atoms with Gasteiger partial charge in [0, 0.05) is 22.9 Å². The highest BCUT2D eigenvalue weighted by atomic mass is 16.5. The first-order valence-corrected chi connectivity index (χ1v) is 8.49. The predicted molar refractivity (Wildman–Crippen MR) is 105 cm³/mol. The number of amides is 1. The van der Waals surface area contributed by atoms with E-state index in [2.05, 4.69) is 5.32 Å². The van der Waals surface area contributed by atoms with Crippen LogP contribution in [-0.2, 0) is 0 Å². The maximum atomic E-state index is 12.6. The molecule has 0 unspecified atom stereocenters. The zero-order chi connectivity index (χ0) is 18.5. The molecule has 4 N–H and O–H groups in total. The molecule has 0 saturated heterocycles. The number of carbonyl (C=O) groups excluding carboxylic acids is 1. The lowest BCUT2D eigenvalue weighted by Crippen LogP contribution is -2.12. The Hall–Kier alpha value is -3.34. The molecule has 5 heteroatoms. The van der Waals surface area contributed by atoms with E-state index in [1.807, 2.05) is 49.4 Å². The van der Waals surface area contributed by atoms with Gasteiger partial charge in [0.1, 0.15) is 11.6 Å². The lowest BCUT2D eigenvalue weighted by atomic mass is 10.0. The third-order valence-electron chi connectivity index (χ3n) is 3.98. The number of rotatable bonds is 6. The molecule has 5 nitrogen and oxygen atoms in total. The van der Waals surface area contributed by atoms with E-state index in [1.165, 1.54) is 0 Å². The third-order valence-corrected chi connectivity index (χ3v) is 3.98. The fourth-order valence-electron chi connectivity index (χ4n) is 2.64. The van der Waals surface area contributed by atoms with Crippen molar-refractivity contribution in [2.75, 3.05) is 11.9 Å². The largest absolute Gasteiger partial charge is 0.494 e. The Balaban J connectivity index is 1.82. The summed E-state index contributed by atoms with van der Waals surface area (Å²) in [6.45, 7) is 2.68. The normalized spacial score (nSPS) is 10.5. The highest BCUT2D eigenvalue weighted by Gasteiger charge is 2.08. The van der Waals surface area contributed by atoms with Gasteiger partial charge in [0.15, 0.2) is 0 Å². The SMILES string of the molecule is CCCOc1cccc(NC(=O)c2ccc3ccc(C(=N)N)cc3c2)c1. The molecule has 132 valence electrons. The molecule has 3 rings (SSSR count). The van der Waals surface area contributed by atoms with Crippen LogP contribution in [0.5, 0.6) is 5.75 Å². The summed E-state index contributed by atoms with van der Waals surface area (Å²) in [5.74, 6) is 0.535. The summed E-state index contributed by atoms with van der Waals surface area (Å²) >= 11 is 0. The van der Waals surface area contributed by atoms with Crippen LogP contribution >= 0.6 is 0 Å². The first-order chi connectivity index (χ1) is 12.6. The standard InChI is InChI=1S/C21H21N3O2/c1-2-10-26-19-5-3-4-18(13-19)24-21(25)16-9-7-14-6-8-15(20(22)23)11-17(14)12-16/h3-9,11-13H,2,10H2,1H3,(H3,22,23)(H,24,25). The number of fused-ring (bicyclic) bond motifs is 1. The van der Waals surface area contributed by atoms with Gasteiger partial charge in [-0.1, -0.05) is 31.2 Å². The maximum absolute atomic E-state index is 12.6. The first kappa shape index (κ1) is 17.5. The Morgan fingerprint density at radius 1 is 1.04 bits per heavy atom. The zero-order valence-corrected chi connectivity index (χ0v) is 14.6. The molecule has 0 aliphatic carbocycles. The molecule has 26 heavy (non-hydrogen) atoms. The minimum atomic E-state index is -0.201. The fourth-order valence-corrected chi connectivity index (χ4v) is 2.64. The van der Waals surface area contributed by atoms with Crippen molar-refractivity contribution < 1.29 is 9.53 Å². The zero-order valence-electron chi connectivity index (χ0n) is 14.6. The van der Waals surface area contributed by atoms with Crippen LogP contribution in [0.1, 0.15) is 29.3 Å². The average Bonchev–Trinajstić information content (AvgIpc) is 2.65. The van der Waals surface area contributed by atoms with Crippen LogP contribution in [0.25, 0.3) is 10.8 Å². The molecule has 0 radical (unpaired) electrons.